The minimum Gasteiger partial charge on any atom is -0.447 e. The fourth-order valence-electron chi connectivity index (χ4n) is 3.61. The number of pyridine rings is 1. The Bertz CT molecular complexity index is 969. The zero-order valence-electron chi connectivity index (χ0n) is 18.1. The average Bonchev–Trinajstić information content (AvgIpc) is 3.18. The number of carbonyl (C=O) groups excluding carboxylic acids is 2. The van der Waals surface area contributed by atoms with Gasteiger partial charge in [0, 0.05) is 37.1 Å². The molecular formula is C21H26F3N3O4S. The highest BCUT2D eigenvalue weighted by molar-refractivity contribution is 7.17. The summed E-state index contributed by atoms with van der Waals surface area (Å²) in [5, 5.41) is 3.84. The summed E-state index contributed by atoms with van der Waals surface area (Å²) in [5.74, 6) is -0.737. The molecule has 176 valence electrons. The first-order valence-electron chi connectivity index (χ1n) is 10.4. The van der Waals surface area contributed by atoms with Gasteiger partial charge in [0.15, 0.2) is 0 Å². The molecule has 0 unspecified atom stereocenters. The Morgan fingerprint density at radius 1 is 1.28 bits per heavy atom. The van der Waals surface area contributed by atoms with Gasteiger partial charge in [0.05, 0.1) is 34.1 Å². The van der Waals surface area contributed by atoms with Crippen LogP contribution in [0.2, 0.25) is 0 Å². The molecule has 0 spiro atoms. The smallest absolute Gasteiger partial charge is 0.417 e. The molecule has 2 aromatic heterocycles. The second kappa shape index (κ2) is 10.0. The first-order chi connectivity index (χ1) is 15.1. The SMILES string of the molecule is CNC(=O)c1csc2c(C(F)(F)F)cc(C3CCN(C(=O)OCCOC(C)C)CC3)nc12. The first-order valence-corrected chi connectivity index (χ1v) is 11.2. The minimum absolute atomic E-state index is 0.0445. The van der Waals surface area contributed by atoms with Gasteiger partial charge in [-0.1, -0.05) is 0 Å². The fraction of sp³-hybridized carbons (Fsp3) is 0.571. The van der Waals surface area contributed by atoms with E-state index in [4.69, 9.17) is 9.47 Å². The van der Waals surface area contributed by atoms with Crippen molar-refractivity contribution in [2.75, 3.05) is 33.4 Å². The van der Waals surface area contributed by atoms with Crippen LogP contribution in [0.15, 0.2) is 11.4 Å². The Morgan fingerprint density at radius 3 is 2.56 bits per heavy atom. The number of alkyl halides is 3. The Balaban J connectivity index is 1.75. The molecule has 0 saturated carbocycles. The summed E-state index contributed by atoms with van der Waals surface area (Å²) < 4.78 is 51.6. The molecule has 11 heteroatoms. The van der Waals surface area contributed by atoms with Gasteiger partial charge in [-0.2, -0.15) is 13.2 Å². The fourth-order valence-corrected chi connectivity index (χ4v) is 4.63. The summed E-state index contributed by atoms with van der Waals surface area (Å²) in [6.07, 6.45) is -4.08. The van der Waals surface area contributed by atoms with Gasteiger partial charge >= 0.3 is 12.3 Å². The molecular weight excluding hydrogens is 447 g/mol. The van der Waals surface area contributed by atoms with E-state index in [2.05, 4.69) is 10.3 Å². The summed E-state index contributed by atoms with van der Waals surface area (Å²) >= 11 is 0.859. The number of amides is 2. The normalized spacial score (nSPS) is 15.4. The maximum Gasteiger partial charge on any atom is 0.417 e. The van der Waals surface area contributed by atoms with Crippen molar-refractivity contribution in [3.63, 3.8) is 0 Å². The number of thiophene rings is 1. The molecule has 1 saturated heterocycles. The highest BCUT2D eigenvalue weighted by Crippen LogP contribution is 2.41. The van der Waals surface area contributed by atoms with Gasteiger partial charge in [-0.15, -0.1) is 11.3 Å². The van der Waals surface area contributed by atoms with E-state index < -0.39 is 23.7 Å². The second-order valence-corrected chi connectivity index (χ2v) is 8.67. The number of halogens is 3. The molecule has 7 nitrogen and oxygen atoms in total. The molecule has 3 heterocycles. The van der Waals surface area contributed by atoms with Crippen LogP contribution in [0.25, 0.3) is 10.2 Å². The van der Waals surface area contributed by atoms with Gasteiger partial charge in [0.25, 0.3) is 5.91 Å². The van der Waals surface area contributed by atoms with Gasteiger partial charge in [-0.3, -0.25) is 9.78 Å². The van der Waals surface area contributed by atoms with Crippen molar-refractivity contribution in [2.24, 2.45) is 0 Å². The van der Waals surface area contributed by atoms with E-state index in [-0.39, 0.29) is 40.1 Å². The van der Waals surface area contributed by atoms with E-state index in [0.717, 1.165) is 17.4 Å². The lowest BCUT2D eigenvalue weighted by atomic mass is 9.92. The quantitative estimate of drug-likeness (QED) is 0.629. The number of aromatic nitrogens is 1. The van der Waals surface area contributed by atoms with E-state index in [1.807, 2.05) is 13.8 Å². The van der Waals surface area contributed by atoms with Crippen molar-refractivity contribution < 1.29 is 32.2 Å². The maximum absolute atomic E-state index is 13.7. The number of nitrogens with one attached hydrogen (secondary N) is 1. The molecule has 32 heavy (non-hydrogen) atoms. The molecule has 0 atom stereocenters. The molecule has 3 rings (SSSR count). The van der Waals surface area contributed by atoms with E-state index >= 15 is 0 Å². The summed E-state index contributed by atoms with van der Waals surface area (Å²) in [6.45, 7) is 4.91. The lowest BCUT2D eigenvalue weighted by Crippen LogP contribution is -2.39. The lowest BCUT2D eigenvalue weighted by molar-refractivity contribution is -0.136. The predicted molar refractivity (Wildman–Crippen MR) is 114 cm³/mol. The number of hydrogen-bond acceptors (Lipinski definition) is 6. The van der Waals surface area contributed by atoms with E-state index in [1.165, 1.54) is 17.3 Å². The van der Waals surface area contributed by atoms with Crippen LogP contribution in [0.1, 0.15) is 54.2 Å². The molecule has 0 aromatic carbocycles. The highest BCUT2D eigenvalue weighted by Gasteiger charge is 2.36. The number of nitrogens with zero attached hydrogens (tertiary/aromatic N) is 2. The van der Waals surface area contributed by atoms with Crippen molar-refractivity contribution in [2.45, 2.75) is 44.9 Å². The van der Waals surface area contributed by atoms with Gasteiger partial charge in [0.1, 0.15) is 6.61 Å². The van der Waals surface area contributed by atoms with Crippen molar-refractivity contribution in [1.29, 1.82) is 0 Å². The highest BCUT2D eigenvalue weighted by atomic mass is 32.1. The van der Waals surface area contributed by atoms with Crippen LogP contribution in [-0.2, 0) is 15.7 Å². The molecule has 1 aliphatic rings. The topological polar surface area (TPSA) is 80.8 Å². The van der Waals surface area contributed by atoms with Crippen LogP contribution in [0, 0.1) is 0 Å². The summed E-state index contributed by atoms with van der Waals surface area (Å²) in [6, 6.07) is 1.08. The number of ether oxygens (including phenoxy) is 2. The van der Waals surface area contributed by atoms with Crippen LogP contribution in [0.5, 0.6) is 0 Å². The number of piperidine rings is 1. The van der Waals surface area contributed by atoms with Gasteiger partial charge in [0.2, 0.25) is 0 Å². The van der Waals surface area contributed by atoms with Crippen LogP contribution in [-0.4, -0.2) is 61.3 Å². The number of fused-ring (bicyclic) bond motifs is 1. The van der Waals surface area contributed by atoms with E-state index in [0.29, 0.717) is 32.5 Å². The molecule has 2 amide bonds. The molecule has 1 fully saturated rings. The molecule has 1 N–H and O–H groups in total. The molecule has 0 aliphatic carbocycles. The zero-order valence-corrected chi connectivity index (χ0v) is 18.9. The zero-order chi connectivity index (χ0) is 23.5. The van der Waals surface area contributed by atoms with E-state index in [9.17, 15) is 22.8 Å². The van der Waals surface area contributed by atoms with Gasteiger partial charge in [-0.05, 0) is 32.8 Å². The largest absolute Gasteiger partial charge is 0.447 e. The minimum atomic E-state index is -4.57. The number of rotatable bonds is 6. The number of carbonyl (C=O) groups is 2. The van der Waals surface area contributed by atoms with Crippen LogP contribution >= 0.6 is 11.3 Å². The summed E-state index contributed by atoms with van der Waals surface area (Å²) in [7, 11) is 1.42. The Morgan fingerprint density at radius 2 is 1.97 bits per heavy atom. The predicted octanol–water partition coefficient (Wildman–Crippen LogP) is 4.42. The summed E-state index contributed by atoms with van der Waals surface area (Å²) in [5.41, 5.74) is -0.313. The van der Waals surface area contributed by atoms with Crippen LogP contribution in [0.3, 0.4) is 0 Å². The summed E-state index contributed by atoms with van der Waals surface area (Å²) in [4.78, 5) is 30.3. The van der Waals surface area contributed by atoms with Gasteiger partial charge in [-0.25, -0.2) is 4.79 Å². The van der Waals surface area contributed by atoms with Crippen molar-refractivity contribution in [3.8, 4) is 0 Å². The third-order valence-corrected chi connectivity index (χ3v) is 6.25. The van der Waals surface area contributed by atoms with Crippen molar-refractivity contribution >= 4 is 33.6 Å². The molecule has 2 aromatic rings. The monoisotopic (exact) mass is 473 g/mol. The first kappa shape index (κ1) is 24.2. The van der Waals surface area contributed by atoms with Gasteiger partial charge < -0.3 is 19.7 Å². The van der Waals surface area contributed by atoms with Crippen molar-refractivity contribution in [3.05, 3.63) is 28.3 Å². The lowest BCUT2D eigenvalue weighted by Gasteiger charge is -2.31. The van der Waals surface area contributed by atoms with E-state index in [1.54, 1.807) is 0 Å². The molecule has 0 bridgehead atoms. The second-order valence-electron chi connectivity index (χ2n) is 7.79. The Labute approximate surface area is 187 Å². The molecule has 0 radical (unpaired) electrons. The number of likely N-dealkylation sites (tertiary alicyclic amines) is 1. The van der Waals surface area contributed by atoms with Crippen LogP contribution in [0.4, 0.5) is 18.0 Å². The third kappa shape index (κ3) is 5.50. The molecule has 1 aliphatic heterocycles. The number of hydrogen-bond donors (Lipinski definition) is 1. The van der Waals surface area contributed by atoms with Crippen LogP contribution < -0.4 is 5.32 Å². The Hall–Kier alpha value is -2.40. The third-order valence-electron chi connectivity index (χ3n) is 5.25. The Kier molecular flexibility index (Phi) is 7.60. The maximum atomic E-state index is 13.7. The average molecular weight is 474 g/mol. The standard InChI is InChI=1S/C21H26F3N3O4S/c1-12(2)30-8-9-31-20(29)27-6-4-13(5-7-27)16-10-15(21(22,23)24)18-17(26-16)14(11-32-18)19(28)25-3/h10-13H,4-9H2,1-3H3,(H,25,28). The van der Waals surface area contributed by atoms with Crippen molar-refractivity contribution in [1.82, 2.24) is 15.2 Å².